The van der Waals surface area contributed by atoms with Crippen molar-refractivity contribution in [1.29, 1.82) is 0 Å². The molecule has 0 aliphatic heterocycles. The van der Waals surface area contributed by atoms with Crippen molar-refractivity contribution >= 4 is 18.0 Å². The third kappa shape index (κ3) is 5.53. The lowest BCUT2D eigenvalue weighted by atomic mass is 9.88. The summed E-state index contributed by atoms with van der Waals surface area (Å²) in [6, 6.07) is 16.2. The molecule has 3 N–H and O–H groups in total. The number of benzene rings is 2. The highest BCUT2D eigenvalue weighted by molar-refractivity contribution is 5.83. The molecule has 7 nitrogen and oxygen atoms in total. The Labute approximate surface area is 194 Å². The SMILES string of the molecule is CC(C)(CCNC(=O)C(C)(C)CNC(=O)OCC1c2ccccc2-c2ccccc21)C(=O)O. The summed E-state index contributed by atoms with van der Waals surface area (Å²) in [6.45, 7) is 7.21. The standard InChI is InChI=1S/C26H32N2O5/c1-25(2,23(30)31)13-14-27-22(29)26(3,4)16-28-24(32)33-15-21-19-11-7-5-9-17(19)18-10-6-8-12-20(18)21/h5-12,21H,13-16H2,1-4H3,(H,27,29)(H,28,32)(H,30,31). The van der Waals surface area contributed by atoms with Crippen LogP contribution in [0.25, 0.3) is 11.1 Å². The van der Waals surface area contributed by atoms with Gasteiger partial charge >= 0.3 is 12.1 Å². The molecule has 0 saturated heterocycles. The van der Waals surface area contributed by atoms with E-state index in [0.29, 0.717) is 6.42 Å². The number of hydrogen-bond donors (Lipinski definition) is 3. The summed E-state index contributed by atoms with van der Waals surface area (Å²) in [7, 11) is 0. The molecule has 2 aromatic rings. The van der Waals surface area contributed by atoms with Crippen LogP contribution in [0.5, 0.6) is 0 Å². The number of rotatable bonds is 9. The van der Waals surface area contributed by atoms with Gasteiger partial charge in [-0.05, 0) is 56.4 Å². The maximum absolute atomic E-state index is 12.5. The molecule has 33 heavy (non-hydrogen) atoms. The molecule has 1 aliphatic rings. The Bertz CT molecular complexity index is 999. The number of carboxylic acids is 1. The molecule has 0 bridgehead atoms. The van der Waals surface area contributed by atoms with Gasteiger partial charge < -0.3 is 20.5 Å². The fraction of sp³-hybridized carbons (Fsp3) is 0.423. The Morgan fingerprint density at radius 3 is 1.97 bits per heavy atom. The van der Waals surface area contributed by atoms with Crippen molar-refractivity contribution in [3.63, 3.8) is 0 Å². The van der Waals surface area contributed by atoms with Crippen LogP contribution < -0.4 is 10.6 Å². The number of ether oxygens (including phenoxy) is 1. The van der Waals surface area contributed by atoms with Crippen molar-refractivity contribution in [1.82, 2.24) is 10.6 Å². The molecule has 0 atom stereocenters. The summed E-state index contributed by atoms with van der Waals surface area (Å²) in [6.07, 6.45) is -0.269. The Hall–Kier alpha value is -3.35. The lowest BCUT2D eigenvalue weighted by molar-refractivity contribution is -0.147. The fourth-order valence-electron chi connectivity index (χ4n) is 3.86. The van der Waals surface area contributed by atoms with Crippen LogP contribution in [0.4, 0.5) is 4.79 Å². The average Bonchev–Trinajstić information content (AvgIpc) is 3.10. The summed E-state index contributed by atoms with van der Waals surface area (Å²) in [5, 5.41) is 14.6. The minimum atomic E-state index is -0.920. The first kappa shape index (κ1) is 24.3. The minimum absolute atomic E-state index is 0.0305. The Kier molecular flexibility index (Phi) is 7.10. The Balaban J connectivity index is 1.50. The molecule has 0 spiro atoms. The molecule has 0 fully saturated rings. The molecular weight excluding hydrogens is 420 g/mol. The lowest BCUT2D eigenvalue weighted by Gasteiger charge is -2.25. The zero-order chi connectivity index (χ0) is 24.2. The van der Waals surface area contributed by atoms with E-state index in [1.54, 1.807) is 27.7 Å². The largest absolute Gasteiger partial charge is 0.481 e. The number of hydrogen-bond acceptors (Lipinski definition) is 4. The van der Waals surface area contributed by atoms with Gasteiger partial charge in [-0.15, -0.1) is 0 Å². The average molecular weight is 453 g/mol. The van der Waals surface area contributed by atoms with E-state index in [-0.39, 0.29) is 31.5 Å². The molecule has 2 aromatic carbocycles. The number of carbonyl (C=O) groups excluding carboxylic acids is 2. The summed E-state index contributed by atoms with van der Waals surface area (Å²) in [5.74, 6) is -1.20. The van der Waals surface area contributed by atoms with Gasteiger partial charge in [-0.25, -0.2) is 4.79 Å². The topological polar surface area (TPSA) is 105 Å². The van der Waals surface area contributed by atoms with Gasteiger partial charge in [-0.2, -0.15) is 0 Å². The quantitative estimate of drug-likeness (QED) is 0.530. The molecule has 0 aromatic heterocycles. The number of fused-ring (bicyclic) bond motifs is 3. The second kappa shape index (κ2) is 9.65. The summed E-state index contributed by atoms with van der Waals surface area (Å²) in [4.78, 5) is 36.1. The van der Waals surface area contributed by atoms with Crippen LogP contribution in [0.1, 0.15) is 51.2 Å². The smallest absolute Gasteiger partial charge is 0.407 e. The molecule has 1 aliphatic carbocycles. The second-order valence-corrected chi connectivity index (χ2v) is 9.76. The molecule has 0 radical (unpaired) electrons. The first-order chi connectivity index (χ1) is 15.5. The number of amides is 2. The van der Waals surface area contributed by atoms with Gasteiger partial charge in [0.2, 0.25) is 5.91 Å². The van der Waals surface area contributed by atoms with Crippen LogP contribution in [0.3, 0.4) is 0 Å². The van der Waals surface area contributed by atoms with Crippen molar-refractivity contribution in [2.75, 3.05) is 19.7 Å². The number of aliphatic carboxylic acids is 1. The van der Waals surface area contributed by atoms with Gasteiger partial charge in [0, 0.05) is 19.0 Å². The highest BCUT2D eigenvalue weighted by atomic mass is 16.5. The highest BCUT2D eigenvalue weighted by Crippen LogP contribution is 2.44. The first-order valence-corrected chi connectivity index (χ1v) is 11.1. The van der Waals surface area contributed by atoms with Crippen LogP contribution in [0.2, 0.25) is 0 Å². The third-order valence-electron chi connectivity index (χ3n) is 6.25. The molecular formula is C26H32N2O5. The van der Waals surface area contributed by atoms with Crippen molar-refractivity contribution in [3.05, 3.63) is 59.7 Å². The fourth-order valence-corrected chi connectivity index (χ4v) is 3.86. The Morgan fingerprint density at radius 2 is 1.42 bits per heavy atom. The van der Waals surface area contributed by atoms with Crippen molar-refractivity contribution in [2.45, 2.75) is 40.0 Å². The lowest BCUT2D eigenvalue weighted by Crippen LogP contribution is -2.46. The predicted molar refractivity (Wildman–Crippen MR) is 126 cm³/mol. The number of carboxylic acid groups (broad SMARTS) is 1. The molecule has 2 amide bonds. The minimum Gasteiger partial charge on any atom is -0.481 e. The normalized spacial score (nSPS) is 13.1. The van der Waals surface area contributed by atoms with E-state index < -0.39 is 22.9 Å². The van der Waals surface area contributed by atoms with Crippen molar-refractivity contribution in [2.24, 2.45) is 10.8 Å². The summed E-state index contributed by atoms with van der Waals surface area (Å²) >= 11 is 0. The van der Waals surface area contributed by atoms with E-state index in [1.807, 2.05) is 24.3 Å². The Morgan fingerprint density at radius 1 is 0.879 bits per heavy atom. The summed E-state index contributed by atoms with van der Waals surface area (Å²) < 4.78 is 5.52. The summed E-state index contributed by atoms with van der Waals surface area (Å²) in [5.41, 5.74) is 2.79. The van der Waals surface area contributed by atoms with Gasteiger partial charge in [-0.1, -0.05) is 48.5 Å². The number of carbonyl (C=O) groups is 3. The van der Waals surface area contributed by atoms with Crippen LogP contribution in [-0.4, -0.2) is 42.8 Å². The van der Waals surface area contributed by atoms with E-state index in [4.69, 9.17) is 4.74 Å². The predicted octanol–water partition coefficient (Wildman–Crippen LogP) is 4.17. The second-order valence-electron chi connectivity index (χ2n) is 9.76. The molecule has 176 valence electrons. The van der Waals surface area contributed by atoms with Crippen LogP contribution >= 0.6 is 0 Å². The zero-order valence-corrected chi connectivity index (χ0v) is 19.6. The van der Waals surface area contributed by atoms with Crippen molar-refractivity contribution in [3.8, 4) is 11.1 Å². The zero-order valence-electron chi connectivity index (χ0n) is 19.6. The van der Waals surface area contributed by atoms with Crippen LogP contribution in [-0.2, 0) is 14.3 Å². The maximum Gasteiger partial charge on any atom is 0.407 e. The van der Waals surface area contributed by atoms with Crippen molar-refractivity contribution < 1.29 is 24.2 Å². The first-order valence-electron chi connectivity index (χ1n) is 11.1. The van der Waals surface area contributed by atoms with Gasteiger partial charge in [-0.3, -0.25) is 9.59 Å². The van der Waals surface area contributed by atoms with Gasteiger partial charge in [0.1, 0.15) is 6.61 Å². The number of nitrogens with one attached hydrogen (secondary N) is 2. The highest BCUT2D eigenvalue weighted by Gasteiger charge is 2.32. The van der Waals surface area contributed by atoms with E-state index in [9.17, 15) is 19.5 Å². The molecule has 0 saturated carbocycles. The van der Waals surface area contributed by atoms with E-state index in [0.717, 1.165) is 22.3 Å². The van der Waals surface area contributed by atoms with E-state index in [2.05, 4.69) is 34.9 Å². The molecule has 7 heteroatoms. The van der Waals surface area contributed by atoms with Gasteiger partial charge in [0.15, 0.2) is 0 Å². The van der Waals surface area contributed by atoms with Crippen LogP contribution in [0, 0.1) is 10.8 Å². The number of alkyl carbamates (subject to hydrolysis) is 1. The van der Waals surface area contributed by atoms with Gasteiger partial charge in [0.25, 0.3) is 0 Å². The molecule has 3 rings (SSSR count). The van der Waals surface area contributed by atoms with Gasteiger partial charge in [0.05, 0.1) is 10.8 Å². The monoisotopic (exact) mass is 452 g/mol. The van der Waals surface area contributed by atoms with Crippen LogP contribution in [0.15, 0.2) is 48.5 Å². The van der Waals surface area contributed by atoms with E-state index >= 15 is 0 Å². The van der Waals surface area contributed by atoms with E-state index in [1.165, 1.54) is 0 Å². The molecule has 0 unspecified atom stereocenters. The third-order valence-corrected chi connectivity index (χ3v) is 6.25. The maximum atomic E-state index is 12.5. The molecule has 0 heterocycles.